The van der Waals surface area contributed by atoms with E-state index in [2.05, 4.69) is 18.2 Å². The molecule has 1 fully saturated rings. The number of ether oxygens (including phenoxy) is 1. The average molecular weight is 245 g/mol. The molecule has 1 aromatic carbocycles. The van der Waals surface area contributed by atoms with Crippen LogP contribution < -0.4 is 5.73 Å². The second kappa shape index (κ2) is 5.02. The first-order valence-corrected chi connectivity index (χ1v) is 7.24. The van der Waals surface area contributed by atoms with Crippen LogP contribution in [0.15, 0.2) is 18.2 Å². The van der Waals surface area contributed by atoms with Crippen LogP contribution in [0.5, 0.6) is 0 Å². The molecule has 0 bridgehead atoms. The molecule has 2 aliphatic rings. The third kappa shape index (κ3) is 2.08. The van der Waals surface area contributed by atoms with Crippen molar-refractivity contribution in [2.45, 2.75) is 50.5 Å². The number of rotatable bonds is 2. The van der Waals surface area contributed by atoms with Crippen LogP contribution in [-0.2, 0) is 23.2 Å². The minimum Gasteiger partial charge on any atom is -0.376 e. The molecule has 2 heteroatoms. The summed E-state index contributed by atoms with van der Waals surface area (Å²) < 4.78 is 5.57. The summed E-state index contributed by atoms with van der Waals surface area (Å²) in [6.45, 7) is 2.44. The highest BCUT2D eigenvalue weighted by Crippen LogP contribution is 2.39. The fourth-order valence-electron chi connectivity index (χ4n) is 3.54. The summed E-state index contributed by atoms with van der Waals surface area (Å²) in [7, 11) is 0. The number of hydrogen-bond donors (Lipinski definition) is 1. The Bertz CT molecular complexity index is 421. The van der Waals surface area contributed by atoms with Crippen molar-refractivity contribution in [3.05, 3.63) is 34.9 Å². The first-order valence-electron chi connectivity index (χ1n) is 7.24. The van der Waals surface area contributed by atoms with Gasteiger partial charge < -0.3 is 10.5 Å². The van der Waals surface area contributed by atoms with Gasteiger partial charge in [-0.25, -0.2) is 0 Å². The average Bonchev–Trinajstić information content (AvgIpc) is 2.47. The quantitative estimate of drug-likeness (QED) is 0.869. The van der Waals surface area contributed by atoms with Gasteiger partial charge in [0, 0.05) is 12.0 Å². The first kappa shape index (κ1) is 12.2. The van der Waals surface area contributed by atoms with Crippen LogP contribution in [0.2, 0.25) is 0 Å². The molecule has 1 heterocycles. The summed E-state index contributed by atoms with van der Waals surface area (Å²) in [6.07, 6.45) is 7.59. The number of fused-ring (bicyclic) bond motifs is 1. The Labute approximate surface area is 110 Å². The van der Waals surface area contributed by atoms with Crippen molar-refractivity contribution in [2.75, 3.05) is 13.2 Å². The highest BCUT2D eigenvalue weighted by molar-refractivity contribution is 5.37. The maximum atomic E-state index is 6.12. The summed E-state index contributed by atoms with van der Waals surface area (Å²) in [5.74, 6) is 0. The van der Waals surface area contributed by atoms with Crippen molar-refractivity contribution in [3.63, 3.8) is 0 Å². The van der Waals surface area contributed by atoms with Gasteiger partial charge in [0.25, 0.3) is 0 Å². The molecule has 1 aliphatic carbocycles. The summed E-state index contributed by atoms with van der Waals surface area (Å²) in [6, 6.07) is 6.99. The molecule has 0 saturated heterocycles. The van der Waals surface area contributed by atoms with E-state index < -0.39 is 0 Å². The fourth-order valence-corrected chi connectivity index (χ4v) is 3.54. The van der Waals surface area contributed by atoms with Gasteiger partial charge in [0.05, 0.1) is 13.2 Å². The maximum Gasteiger partial charge on any atom is 0.0719 e. The van der Waals surface area contributed by atoms with Crippen LogP contribution in [0.3, 0.4) is 0 Å². The van der Waals surface area contributed by atoms with Crippen LogP contribution in [0.4, 0.5) is 0 Å². The van der Waals surface area contributed by atoms with Crippen molar-refractivity contribution in [1.29, 1.82) is 0 Å². The van der Waals surface area contributed by atoms with Gasteiger partial charge in [-0.2, -0.15) is 0 Å². The second-order valence-corrected chi connectivity index (χ2v) is 5.83. The SMILES string of the molecule is NCC1(c2ccc3c(c2)COCC3)CCCCC1. The Balaban J connectivity index is 1.94. The van der Waals surface area contributed by atoms with E-state index in [1.807, 2.05) is 0 Å². The maximum absolute atomic E-state index is 6.12. The molecule has 18 heavy (non-hydrogen) atoms. The zero-order valence-electron chi connectivity index (χ0n) is 11.1. The molecule has 2 N–H and O–H groups in total. The number of benzene rings is 1. The minimum atomic E-state index is 0.241. The smallest absolute Gasteiger partial charge is 0.0719 e. The molecular weight excluding hydrogens is 222 g/mol. The first-order chi connectivity index (χ1) is 8.84. The topological polar surface area (TPSA) is 35.2 Å². The third-order valence-corrected chi connectivity index (χ3v) is 4.79. The molecule has 1 aromatic rings. The highest BCUT2D eigenvalue weighted by atomic mass is 16.5. The Morgan fingerprint density at radius 2 is 1.94 bits per heavy atom. The van der Waals surface area contributed by atoms with Crippen molar-refractivity contribution in [3.8, 4) is 0 Å². The summed E-state index contributed by atoms with van der Waals surface area (Å²) in [5.41, 5.74) is 10.7. The Morgan fingerprint density at radius 1 is 1.11 bits per heavy atom. The van der Waals surface area contributed by atoms with E-state index in [4.69, 9.17) is 10.5 Å². The molecule has 0 amide bonds. The molecular formula is C16H23NO. The van der Waals surface area contributed by atoms with Crippen molar-refractivity contribution < 1.29 is 4.74 Å². The predicted molar refractivity (Wildman–Crippen MR) is 73.6 cm³/mol. The Morgan fingerprint density at radius 3 is 2.72 bits per heavy atom. The van der Waals surface area contributed by atoms with Crippen LogP contribution in [0.1, 0.15) is 48.8 Å². The predicted octanol–water partition coefficient (Wildman–Crippen LogP) is 2.92. The second-order valence-electron chi connectivity index (χ2n) is 5.83. The van der Waals surface area contributed by atoms with Gasteiger partial charge in [-0.3, -0.25) is 0 Å². The number of hydrogen-bond acceptors (Lipinski definition) is 2. The molecule has 98 valence electrons. The lowest BCUT2D eigenvalue weighted by atomic mass is 9.69. The van der Waals surface area contributed by atoms with Crippen LogP contribution in [0, 0.1) is 0 Å². The van der Waals surface area contributed by atoms with Gasteiger partial charge in [-0.1, -0.05) is 37.5 Å². The molecule has 0 atom stereocenters. The molecule has 0 aromatic heterocycles. The Hall–Kier alpha value is -0.860. The summed E-state index contributed by atoms with van der Waals surface area (Å²) in [4.78, 5) is 0. The van der Waals surface area contributed by atoms with Crippen LogP contribution in [0.25, 0.3) is 0 Å². The van der Waals surface area contributed by atoms with Crippen molar-refractivity contribution in [2.24, 2.45) is 5.73 Å². The standard InChI is InChI=1S/C16H23NO/c17-12-16(7-2-1-3-8-16)15-5-4-13-6-9-18-11-14(13)10-15/h4-5,10H,1-3,6-9,11-12,17H2. The third-order valence-electron chi connectivity index (χ3n) is 4.79. The van der Waals surface area contributed by atoms with E-state index >= 15 is 0 Å². The molecule has 1 aliphatic heterocycles. The zero-order valence-corrected chi connectivity index (χ0v) is 11.1. The van der Waals surface area contributed by atoms with Gasteiger partial charge in [-0.05, 0) is 36.0 Å². The largest absolute Gasteiger partial charge is 0.376 e. The molecule has 3 rings (SSSR count). The highest BCUT2D eigenvalue weighted by Gasteiger charge is 2.32. The lowest BCUT2D eigenvalue weighted by Crippen LogP contribution is -2.37. The fraction of sp³-hybridized carbons (Fsp3) is 0.625. The summed E-state index contributed by atoms with van der Waals surface area (Å²) in [5, 5.41) is 0. The van der Waals surface area contributed by atoms with E-state index in [9.17, 15) is 0 Å². The number of nitrogens with two attached hydrogens (primary N) is 1. The van der Waals surface area contributed by atoms with E-state index in [-0.39, 0.29) is 5.41 Å². The molecule has 2 nitrogen and oxygen atoms in total. The lowest BCUT2D eigenvalue weighted by molar-refractivity contribution is 0.110. The van der Waals surface area contributed by atoms with Gasteiger partial charge in [-0.15, -0.1) is 0 Å². The summed E-state index contributed by atoms with van der Waals surface area (Å²) >= 11 is 0. The zero-order chi connectivity index (χ0) is 12.4. The van der Waals surface area contributed by atoms with E-state index in [1.165, 1.54) is 48.8 Å². The van der Waals surface area contributed by atoms with Crippen molar-refractivity contribution in [1.82, 2.24) is 0 Å². The molecule has 1 saturated carbocycles. The lowest BCUT2D eigenvalue weighted by Gasteiger charge is -2.37. The molecule has 0 spiro atoms. The van der Waals surface area contributed by atoms with Crippen LogP contribution >= 0.6 is 0 Å². The van der Waals surface area contributed by atoms with Crippen molar-refractivity contribution >= 4 is 0 Å². The molecule has 0 unspecified atom stereocenters. The Kier molecular flexibility index (Phi) is 3.40. The minimum absolute atomic E-state index is 0.241. The monoisotopic (exact) mass is 245 g/mol. The van der Waals surface area contributed by atoms with Gasteiger partial charge >= 0.3 is 0 Å². The van der Waals surface area contributed by atoms with Crippen LogP contribution in [-0.4, -0.2) is 13.2 Å². The molecule has 0 radical (unpaired) electrons. The van der Waals surface area contributed by atoms with E-state index in [1.54, 1.807) is 0 Å². The van der Waals surface area contributed by atoms with E-state index in [0.29, 0.717) is 0 Å². The van der Waals surface area contributed by atoms with Gasteiger partial charge in [0.1, 0.15) is 0 Å². The van der Waals surface area contributed by atoms with Gasteiger partial charge in [0.2, 0.25) is 0 Å². The van der Waals surface area contributed by atoms with E-state index in [0.717, 1.165) is 26.2 Å². The van der Waals surface area contributed by atoms with Gasteiger partial charge in [0.15, 0.2) is 0 Å². The normalized spacial score (nSPS) is 22.5.